The van der Waals surface area contributed by atoms with Gasteiger partial charge in [-0.05, 0) is 52.0 Å². The number of likely N-dealkylation sites (N-methyl/N-ethyl adjacent to an activating group) is 1. The molecule has 0 saturated carbocycles. The van der Waals surface area contributed by atoms with Crippen molar-refractivity contribution in [2.45, 2.75) is 174 Å². The lowest BCUT2D eigenvalue weighted by Crippen LogP contribution is -2.29. The van der Waals surface area contributed by atoms with Crippen LogP contribution >= 0.6 is 7.82 Å². The average Bonchev–Trinajstić information content (AvgIpc) is 3.09. The third-order valence-electron chi connectivity index (χ3n) is 8.26. The summed E-state index contributed by atoms with van der Waals surface area (Å²) in [6.07, 6.45) is 37.7. The predicted molar refractivity (Wildman–Crippen MR) is 206 cm³/mol. The Balaban J connectivity index is 4.34. The molecule has 0 saturated heterocycles. The molecule has 0 radical (unpaired) electrons. The molecule has 2 atom stereocenters. The van der Waals surface area contributed by atoms with Crippen LogP contribution in [0.5, 0.6) is 0 Å². The molecule has 0 aromatic rings. The summed E-state index contributed by atoms with van der Waals surface area (Å²) >= 11 is 0. The maximum Gasteiger partial charge on any atom is 0.472 e. The molecule has 9 nitrogen and oxygen atoms in total. The lowest BCUT2D eigenvalue weighted by molar-refractivity contribution is -0.161. The van der Waals surface area contributed by atoms with Crippen LogP contribution in [0.3, 0.4) is 0 Å². The summed E-state index contributed by atoms with van der Waals surface area (Å²) in [4.78, 5) is 34.9. The summed E-state index contributed by atoms with van der Waals surface area (Å²) in [6, 6.07) is 0. The van der Waals surface area contributed by atoms with Crippen LogP contribution in [0.15, 0.2) is 36.5 Å². The molecule has 0 aliphatic heterocycles. The number of allylic oxidation sites excluding steroid dienone is 6. The van der Waals surface area contributed by atoms with Crippen LogP contribution in [-0.2, 0) is 32.7 Å². The minimum Gasteiger partial charge on any atom is -0.462 e. The number of unbranched alkanes of at least 4 members (excludes halogenated alkanes) is 17. The first-order valence-electron chi connectivity index (χ1n) is 19.9. The lowest BCUT2D eigenvalue weighted by Gasteiger charge is -2.20. The third kappa shape index (κ3) is 36.0. The Morgan fingerprint density at radius 3 is 1.66 bits per heavy atom. The Bertz CT molecular complexity index is 923. The Morgan fingerprint density at radius 1 is 0.620 bits per heavy atom. The molecule has 0 aliphatic rings. The van der Waals surface area contributed by atoms with E-state index in [2.05, 4.69) is 55.6 Å². The Kier molecular flexibility index (Phi) is 35.7. The van der Waals surface area contributed by atoms with Gasteiger partial charge in [-0.2, -0.15) is 0 Å². The first kappa shape index (κ1) is 48.2. The number of rotatable bonds is 37. The van der Waals surface area contributed by atoms with Crippen molar-refractivity contribution in [2.75, 3.05) is 33.4 Å². The smallest absolute Gasteiger partial charge is 0.462 e. The fourth-order valence-corrected chi connectivity index (χ4v) is 5.97. The summed E-state index contributed by atoms with van der Waals surface area (Å²) < 4.78 is 33.0. The van der Waals surface area contributed by atoms with Crippen LogP contribution in [0.4, 0.5) is 0 Å². The van der Waals surface area contributed by atoms with Gasteiger partial charge in [0.2, 0.25) is 0 Å². The molecule has 0 spiro atoms. The quantitative estimate of drug-likeness (QED) is 0.0279. The van der Waals surface area contributed by atoms with Crippen molar-refractivity contribution in [3.63, 3.8) is 0 Å². The molecule has 0 aliphatic carbocycles. The van der Waals surface area contributed by atoms with E-state index >= 15 is 0 Å². The number of phosphoric ester groups is 1. The molecule has 10 heteroatoms. The minimum absolute atomic E-state index is 0.0238. The summed E-state index contributed by atoms with van der Waals surface area (Å²) in [7, 11) is -2.66. The van der Waals surface area contributed by atoms with Gasteiger partial charge in [-0.25, -0.2) is 4.57 Å². The van der Waals surface area contributed by atoms with Gasteiger partial charge in [0.1, 0.15) is 6.61 Å². The first-order valence-corrected chi connectivity index (χ1v) is 21.4. The molecule has 0 bridgehead atoms. The summed E-state index contributed by atoms with van der Waals surface area (Å²) in [5, 5.41) is 2.81. The maximum atomic E-state index is 12.5. The molecule has 0 aromatic carbocycles. The van der Waals surface area contributed by atoms with Gasteiger partial charge in [-0.3, -0.25) is 18.6 Å². The molecule has 0 amide bonds. The van der Waals surface area contributed by atoms with E-state index in [0.717, 1.165) is 38.5 Å². The summed E-state index contributed by atoms with van der Waals surface area (Å²) in [6.45, 7) is 4.14. The standard InChI is InChI=1S/C40H74NO8P/c1-4-6-8-10-12-14-16-17-18-19-20-21-23-24-26-28-30-32-39(42)46-36-38(37-48-50(44,45)47-35-34-41-3)49-40(43)33-31-29-27-25-22-15-13-11-9-7-5-2/h17-18,20-21,24,26,38,41H,4-16,19,22-23,25,27-37H2,1-3H3,(H,44,45)/b18-17-,21-20-,26-24-. The highest BCUT2D eigenvalue weighted by atomic mass is 31.2. The van der Waals surface area contributed by atoms with Gasteiger partial charge in [-0.1, -0.05) is 147 Å². The van der Waals surface area contributed by atoms with Crippen LogP contribution in [0.25, 0.3) is 0 Å². The number of ether oxygens (including phenoxy) is 2. The third-order valence-corrected chi connectivity index (χ3v) is 9.25. The zero-order valence-corrected chi connectivity index (χ0v) is 33.0. The molecule has 0 aromatic heterocycles. The van der Waals surface area contributed by atoms with E-state index < -0.39 is 32.5 Å². The molecule has 2 N–H and O–H groups in total. The Labute approximate surface area is 306 Å². The number of carbonyl (C=O) groups is 2. The van der Waals surface area contributed by atoms with E-state index in [4.69, 9.17) is 18.5 Å². The topological polar surface area (TPSA) is 120 Å². The predicted octanol–water partition coefficient (Wildman–Crippen LogP) is 10.9. The number of phosphoric acid groups is 1. The molecule has 50 heavy (non-hydrogen) atoms. The molecular formula is C40H74NO8P. The number of nitrogens with one attached hydrogen (secondary N) is 1. The molecule has 292 valence electrons. The zero-order chi connectivity index (χ0) is 36.8. The molecule has 0 heterocycles. The van der Waals surface area contributed by atoms with Crippen molar-refractivity contribution in [1.29, 1.82) is 0 Å². The number of hydrogen-bond donors (Lipinski definition) is 2. The van der Waals surface area contributed by atoms with Crippen molar-refractivity contribution in [1.82, 2.24) is 5.32 Å². The first-order chi connectivity index (χ1) is 24.3. The molecule has 0 fully saturated rings. The fraction of sp³-hybridized carbons (Fsp3) is 0.800. The average molecular weight is 728 g/mol. The second-order valence-corrected chi connectivity index (χ2v) is 14.6. The highest BCUT2D eigenvalue weighted by Crippen LogP contribution is 2.43. The normalized spacial score (nSPS) is 13.8. The van der Waals surface area contributed by atoms with Crippen LogP contribution in [0, 0.1) is 0 Å². The van der Waals surface area contributed by atoms with E-state index in [9.17, 15) is 19.0 Å². The summed E-state index contributed by atoms with van der Waals surface area (Å²) in [5.41, 5.74) is 0. The van der Waals surface area contributed by atoms with E-state index in [1.807, 2.05) is 0 Å². The number of esters is 2. The van der Waals surface area contributed by atoms with E-state index in [1.54, 1.807) is 7.05 Å². The van der Waals surface area contributed by atoms with Gasteiger partial charge >= 0.3 is 19.8 Å². The summed E-state index contributed by atoms with van der Waals surface area (Å²) in [5.74, 6) is -0.868. The van der Waals surface area contributed by atoms with Crippen LogP contribution in [0.1, 0.15) is 168 Å². The van der Waals surface area contributed by atoms with Crippen LogP contribution < -0.4 is 5.32 Å². The van der Waals surface area contributed by atoms with Crippen molar-refractivity contribution in [2.24, 2.45) is 0 Å². The van der Waals surface area contributed by atoms with Gasteiger partial charge in [0.15, 0.2) is 6.10 Å². The van der Waals surface area contributed by atoms with Crippen molar-refractivity contribution in [3.05, 3.63) is 36.5 Å². The zero-order valence-electron chi connectivity index (χ0n) is 32.1. The SMILES string of the molecule is CCCCCCCC/C=C\C/C=C\C/C=C\CCCC(=O)OCC(COP(=O)(O)OCCNC)OC(=O)CCCCCCCCCCCCC. The number of carbonyl (C=O) groups excluding carboxylic acids is 2. The van der Waals surface area contributed by atoms with E-state index in [0.29, 0.717) is 19.4 Å². The van der Waals surface area contributed by atoms with Gasteiger partial charge in [-0.15, -0.1) is 0 Å². The highest BCUT2D eigenvalue weighted by Gasteiger charge is 2.26. The van der Waals surface area contributed by atoms with Gasteiger partial charge in [0, 0.05) is 19.4 Å². The lowest BCUT2D eigenvalue weighted by atomic mass is 10.1. The van der Waals surface area contributed by atoms with Crippen LogP contribution in [-0.4, -0.2) is 56.3 Å². The van der Waals surface area contributed by atoms with Gasteiger partial charge in [0.05, 0.1) is 13.2 Å². The van der Waals surface area contributed by atoms with E-state index in [1.165, 1.54) is 89.9 Å². The van der Waals surface area contributed by atoms with Gasteiger partial charge in [0.25, 0.3) is 0 Å². The fourth-order valence-electron chi connectivity index (χ4n) is 5.21. The van der Waals surface area contributed by atoms with Crippen molar-refractivity contribution in [3.8, 4) is 0 Å². The van der Waals surface area contributed by atoms with Crippen molar-refractivity contribution < 1.29 is 37.6 Å². The van der Waals surface area contributed by atoms with Crippen LogP contribution in [0.2, 0.25) is 0 Å². The maximum absolute atomic E-state index is 12.5. The Morgan fingerprint density at radius 2 is 1.10 bits per heavy atom. The monoisotopic (exact) mass is 728 g/mol. The second-order valence-electron chi connectivity index (χ2n) is 13.1. The van der Waals surface area contributed by atoms with E-state index in [-0.39, 0.29) is 26.1 Å². The molecule has 0 rings (SSSR count). The molecule has 2 unspecified atom stereocenters. The minimum atomic E-state index is -4.35. The molecular weight excluding hydrogens is 653 g/mol. The largest absolute Gasteiger partial charge is 0.472 e. The highest BCUT2D eigenvalue weighted by molar-refractivity contribution is 7.47. The van der Waals surface area contributed by atoms with Crippen molar-refractivity contribution >= 4 is 19.8 Å². The number of hydrogen-bond acceptors (Lipinski definition) is 8. The van der Waals surface area contributed by atoms with Gasteiger partial charge < -0.3 is 19.7 Å². The Hall–Kier alpha value is -1.77. The second kappa shape index (κ2) is 37.0.